The van der Waals surface area contributed by atoms with Gasteiger partial charge in [0.2, 0.25) is 23.6 Å². The van der Waals surface area contributed by atoms with Crippen LogP contribution in [-0.2, 0) is 22.7 Å². The van der Waals surface area contributed by atoms with Crippen molar-refractivity contribution in [1.29, 1.82) is 0 Å². The number of anilines is 2. The van der Waals surface area contributed by atoms with E-state index >= 15 is 0 Å². The van der Waals surface area contributed by atoms with E-state index in [1.807, 2.05) is 49.4 Å². The molecule has 4 rings (SSSR count). The maximum absolute atomic E-state index is 11.6. The van der Waals surface area contributed by atoms with Crippen molar-refractivity contribution in [1.82, 2.24) is 14.9 Å². The number of nitrogens with zero attached hydrogens (tertiary/aromatic N) is 4. The number of benzene rings is 2. The maximum Gasteiger partial charge on any atom is 0.329 e. The lowest BCUT2D eigenvalue weighted by Crippen LogP contribution is -2.39. The summed E-state index contributed by atoms with van der Waals surface area (Å²) in [6, 6.07) is 13.8. The van der Waals surface area contributed by atoms with Crippen LogP contribution >= 0.6 is 0 Å². The highest BCUT2D eigenvalue weighted by molar-refractivity contribution is 5.79. The summed E-state index contributed by atoms with van der Waals surface area (Å²) in [5.74, 6) is 0.0768. The molecule has 0 radical (unpaired) electrons. The number of carbonyl (C=O) groups excluding carboxylic acids is 2. The third-order valence-corrected chi connectivity index (χ3v) is 8.03. The first-order valence-electron chi connectivity index (χ1n) is 14.7. The minimum Gasteiger partial charge on any atom is -0.396 e. The fourth-order valence-corrected chi connectivity index (χ4v) is 5.65. The van der Waals surface area contributed by atoms with Crippen molar-refractivity contribution in [3.05, 3.63) is 75.5 Å². The highest BCUT2D eigenvalue weighted by Gasteiger charge is 2.23. The molecule has 1 saturated carbocycles. The van der Waals surface area contributed by atoms with Gasteiger partial charge in [0.1, 0.15) is 6.20 Å². The van der Waals surface area contributed by atoms with E-state index in [2.05, 4.69) is 20.6 Å². The number of carbonyl (C=O) groups is 2. The van der Waals surface area contributed by atoms with Crippen LogP contribution in [-0.4, -0.2) is 63.0 Å². The molecule has 0 unspecified atom stereocenters. The van der Waals surface area contributed by atoms with E-state index in [-0.39, 0.29) is 37.1 Å². The Morgan fingerprint density at radius 1 is 1.05 bits per heavy atom. The standard InChI is InChI=1S/C31H40N8O5/c1-20-25(6-3-7-26(20)24-5-2-4-23(12-24)16-38(17-28(32)41)18-29(33)42)14-35-31-36-15-27(39(43)44)30(37-31)34-13-21-8-10-22(19-40)11-9-21/h2-7,12,15,21-22,40H,8-11,13-14,16-19H2,1H3,(H2,32,41)(H2,33,42)(H2,34,35,36,37). The number of amides is 2. The van der Waals surface area contributed by atoms with Gasteiger partial charge in [0.05, 0.1) is 18.0 Å². The van der Waals surface area contributed by atoms with Crippen molar-refractivity contribution in [3.63, 3.8) is 0 Å². The number of primary amides is 2. The lowest BCUT2D eigenvalue weighted by Gasteiger charge is -2.27. The van der Waals surface area contributed by atoms with Crippen LogP contribution in [0.5, 0.6) is 0 Å². The van der Waals surface area contributed by atoms with Crippen molar-refractivity contribution in [2.45, 2.75) is 45.7 Å². The van der Waals surface area contributed by atoms with Gasteiger partial charge in [-0.05, 0) is 78.3 Å². The lowest BCUT2D eigenvalue weighted by atomic mass is 9.82. The molecule has 13 nitrogen and oxygen atoms in total. The van der Waals surface area contributed by atoms with Crippen LogP contribution in [0.25, 0.3) is 11.1 Å². The fourth-order valence-electron chi connectivity index (χ4n) is 5.65. The smallest absolute Gasteiger partial charge is 0.329 e. The second-order valence-corrected chi connectivity index (χ2v) is 11.4. The quantitative estimate of drug-likeness (QED) is 0.127. The zero-order chi connectivity index (χ0) is 31.6. The summed E-state index contributed by atoms with van der Waals surface area (Å²) in [4.78, 5) is 44.3. The number of nitrogens with two attached hydrogens (primary N) is 2. The predicted molar refractivity (Wildman–Crippen MR) is 167 cm³/mol. The Balaban J connectivity index is 1.45. The highest BCUT2D eigenvalue weighted by Crippen LogP contribution is 2.30. The van der Waals surface area contributed by atoms with Gasteiger partial charge in [0.25, 0.3) is 0 Å². The van der Waals surface area contributed by atoms with E-state index in [4.69, 9.17) is 11.5 Å². The molecule has 1 aliphatic carbocycles. The van der Waals surface area contributed by atoms with Crippen LogP contribution in [0.3, 0.4) is 0 Å². The number of rotatable bonds is 15. The summed E-state index contributed by atoms with van der Waals surface area (Å²) in [6.45, 7) is 3.35. The summed E-state index contributed by atoms with van der Waals surface area (Å²) >= 11 is 0. The molecule has 1 aromatic heterocycles. The molecule has 0 aliphatic heterocycles. The molecule has 234 valence electrons. The molecule has 1 heterocycles. The van der Waals surface area contributed by atoms with E-state index in [0.29, 0.717) is 31.5 Å². The molecule has 44 heavy (non-hydrogen) atoms. The second-order valence-electron chi connectivity index (χ2n) is 11.4. The largest absolute Gasteiger partial charge is 0.396 e. The molecular weight excluding hydrogens is 564 g/mol. The number of hydrogen-bond acceptors (Lipinski definition) is 10. The molecule has 1 fully saturated rings. The molecule has 1 aliphatic rings. The van der Waals surface area contributed by atoms with Gasteiger partial charge in [-0.15, -0.1) is 0 Å². The Labute approximate surface area is 256 Å². The number of aliphatic hydroxyl groups excluding tert-OH is 1. The molecule has 2 amide bonds. The van der Waals surface area contributed by atoms with E-state index < -0.39 is 16.7 Å². The van der Waals surface area contributed by atoms with Gasteiger partial charge in [0.15, 0.2) is 0 Å². The van der Waals surface area contributed by atoms with E-state index in [0.717, 1.165) is 53.5 Å². The average Bonchev–Trinajstić information content (AvgIpc) is 2.99. The van der Waals surface area contributed by atoms with E-state index in [9.17, 15) is 24.8 Å². The SMILES string of the molecule is Cc1c(CNc2ncc([N+](=O)[O-])c(NCC3CCC(CO)CC3)n2)cccc1-c1cccc(CN(CC(N)=O)CC(N)=O)c1. The normalized spacial score (nSPS) is 16.4. The average molecular weight is 605 g/mol. The zero-order valence-corrected chi connectivity index (χ0v) is 24.9. The van der Waals surface area contributed by atoms with Gasteiger partial charge < -0.3 is 27.2 Å². The Bertz CT molecular complexity index is 1460. The zero-order valence-electron chi connectivity index (χ0n) is 24.9. The summed E-state index contributed by atoms with van der Waals surface area (Å²) in [5.41, 5.74) is 15.4. The molecule has 7 N–H and O–H groups in total. The Morgan fingerprint density at radius 2 is 1.73 bits per heavy atom. The Morgan fingerprint density at radius 3 is 2.39 bits per heavy atom. The number of nitro groups is 1. The first-order valence-corrected chi connectivity index (χ1v) is 14.7. The summed E-state index contributed by atoms with van der Waals surface area (Å²) in [6.07, 6.45) is 5.04. The molecule has 3 aromatic rings. The second kappa shape index (κ2) is 15.2. The van der Waals surface area contributed by atoms with Crippen LogP contribution in [0, 0.1) is 28.9 Å². The van der Waals surface area contributed by atoms with Crippen LogP contribution in [0.4, 0.5) is 17.5 Å². The first-order chi connectivity index (χ1) is 21.1. The molecule has 2 aromatic carbocycles. The van der Waals surface area contributed by atoms with Crippen molar-refractivity contribution < 1.29 is 19.6 Å². The first kappa shape index (κ1) is 32.3. The van der Waals surface area contributed by atoms with Crippen LogP contribution in [0.1, 0.15) is 42.4 Å². The number of aromatic nitrogens is 2. The summed E-state index contributed by atoms with van der Waals surface area (Å²) in [5, 5.41) is 27.4. The van der Waals surface area contributed by atoms with Crippen LogP contribution in [0.2, 0.25) is 0 Å². The summed E-state index contributed by atoms with van der Waals surface area (Å²) < 4.78 is 0. The van der Waals surface area contributed by atoms with Crippen molar-refractivity contribution in [2.24, 2.45) is 23.3 Å². The van der Waals surface area contributed by atoms with Gasteiger partial charge in [-0.3, -0.25) is 24.6 Å². The molecular formula is C31H40N8O5. The van der Waals surface area contributed by atoms with Gasteiger partial charge in [-0.25, -0.2) is 4.98 Å². The fraction of sp³-hybridized carbons (Fsp3) is 0.419. The third-order valence-electron chi connectivity index (χ3n) is 8.03. The van der Waals surface area contributed by atoms with E-state index in [1.165, 1.54) is 6.20 Å². The monoisotopic (exact) mass is 604 g/mol. The summed E-state index contributed by atoms with van der Waals surface area (Å²) in [7, 11) is 0. The van der Waals surface area contributed by atoms with Gasteiger partial charge in [0, 0.05) is 26.2 Å². The number of hydrogen-bond donors (Lipinski definition) is 5. The lowest BCUT2D eigenvalue weighted by molar-refractivity contribution is -0.384. The third kappa shape index (κ3) is 8.94. The Kier molecular flexibility index (Phi) is 11.2. The molecule has 0 atom stereocenters. The topological polar surface area (TPSA) is 203 Å². The molecule has 0 saturated heterocycles. The number of nitrogens with one attached hydrogen (secondary N) is 2. The predicted octanol–water partition coefficient (Wildman–Crippen LogP) is 2.96. The van der Waals surface area contributed by atoms with Gasteiger partial charge in [-0.1, -0.05) is 36.4 Å². The van der Waals surface area contributed by atoms with Crippen molar-refractivity contribution in [2.75, 3.05) is 36.9 Å². The van der Waals surface area contributed by atoms with Gasteiger partial charge in [-0.2, -0.15) is 4.98 Å². The highest BCUT2D eigenvalue weighted by atomic mass is 16.6. The maximum atomic E-state index is 11.6. The van der Waals surface area contributed by atoms with Crippen LogP contribution < -0.4 is 22.1 Å². The molecule has 13 heteroatoms. The minimum absolute atomic E-state index is 0.0824. The minimum atomic E-state index is -0.542. The molecule has 0 bridgehead atoms. The van der Waals surface area contributed by atoms with Gasteiger partial charge >= 0.3 is 5.69 Å². The van der Waals surface area contributed by atoms with E-state index in [1.54, 1.807) is 4.90 Å². The van der Waals surface area contributed by atoms with Crippen molar-refractivity contribution >= 4 is 29.3 Å². The Hall–Kier alpha value is -4.62. The number of aliphatic hydroxyl groups is 1. The van der Waals surface area contributed by atoms with Crippen LogP contribution in [0.15, 0.2) is 48.7 Å². The molecule has 0 spiro atoms. The van der Waals surface area contributed by atoms with Crippen molar-refractivity contribution in [3.8, 4) is 11.1 Å².